The number of halogens is 1. The van der Waals surface area contributed by atoms with Crippen molar-refractivity contribution >= 4 is 21.6 Å². The molecule has 1 aliphatic heterocycles. The van der Waals surface area contributed by atoms with Gasteiger partial charge < -0.3 is 10.1 Å². The van der Waals surface area contributed by atoms with Crippen LogP contribution < -0.4 is 10.0 Å². The van der Waals surface area contributed by atoms with Gasteiger partial charge in [-0.15, -0.1) is 0 Å². The van der Waals surface area contributed by atoms with Crippen molar-refractivity contribution in [1.29, 1.82) is 0 Å². The van der Waals surface area contributed by atoms with Crippen molar-refractivity contribution in [3.8, 4) is 0 Å². The number of sulfonamides is 1. The van der Waals surface area contributed by atoms with Gasteiger partial charge in [0.2, 0.25) is 0 Å². The Morgan fingerprint density at radius 3 is 2.41 bits per heavy atom. The van der Waals surface area contributed by atoms with Gasteiger partial charge in [0, 0.05) is 31.7 Å². The van der Waals surface area contributed by atoms with Crippen LogP contribution >= 0.6 is 0 Å². The fourth-order valence-electron chi connectivity index (χ4n) is 3.71. The number of rotatable bonds is 8. The first-order valence-electron chi connectivity index (χ1n) is 10.9. The Morgan fingerprint density at radius 2 is 1.65 bits per heavy atom. The van der Waals surface area contributed by atoms with Gasteiger partial charge in [-0.25, -0.2) is 12.8 Å². The number of anilines is 1. The van der Waals surface area contributed by atoms with Crippen LogP contribution in [0.4, 0.5) is 10.1 Å². The fraction of sp³-hybridized carbons (Fsp3) is 0.240. The van der Waals surface area contributed by atoms with Crippen molar-refractivity contribution in [2.75, 3.05) is 31.0 Å². The minimum Gasteiger partial charge on any atom is -0.379 e. The molecule has 1 saturated heterocycles. The molecule has 4 rings (SSSR count). The SMILES string of the molecule is O=C(NCc1ccccc1CN1CCOCC1)c1cccc(S(=O)(=O)Nc2ccccc2F)c1. The first-order valence-corrected chi connectivity index (χ1v) is 12.4. The second kappa shape index (κ2) is 10.8. The molecule has 0 aliphatic carbocycles. The Kier molecular flexibility index (Phi) is 7.56. The van der Waals surface area contributed by atoms with Gasteiger partial charge in [-0.05, 0) is 41.5 Å². The molecule has 34 heavy (non-hydrogen) atoms. The van der Waals surface area contributed by atoms with Crippen LogP contribution in [0, 0.1) is 5.82 Å². The second-order valence-corrected chi connectivity index (χ2v) is 9.64. The maximum Gasteiger partial charge on any atom is 0.262 e. The van der Waals surface area contributed by atoms with Crippen LogP contribution in [-0.2, 0) is 27.8 Å². The van der Waals surface area contributed by atoms with Crippen LogP contribution in [0.2, 0.25) is 0 Å². The predicted octanol–water partition coefficient (Wildman–Crippen LogP) is 3.39. The maximum atomic E-state index is 13.9. The molecular formula is C25H26FN3O4S. The summed E-state index contributed by atoms with van der Waals surface area (Å²) in [6, 6.07) is 19.1. The molecule has 1 amide bonds. The van der Waals surface area contributed by atoms with Crippen LogP contribution in [0.1, 0.15) is 21.5 Å². The summed E-state index contributed by atoms with van der Waals surface area (Å²) in [5.74, 6) is -1.08. The average molecular weight is 484 g/mol. The molecule has 0 unspecified atom stereocenters. The largest absolute Gasteiger partial charge is 0.379 e. The van der Waals surface area contributed by atoms with E-state index in [0.29, 0.717) is 19.8 Å². The van der Waals surface area contributed by atoms with Crippen molar-refractivity contribution in [3.05, 3.63) is 95.3 Å². The molecular weight excluding hydrogens is 457 g/mol. The number of hydrogen-bond donors (Lipinski definition) is 2. The smallest absolute Gasteiger partial charge is 0.262 e. The summed E-state index contributed by atoms with van der Waals surface area (Å²) in [5.41, 5.74) is 2.15. The van der Waals surface area contributed by atoms with E-state index in [1.807, 2.05) is 24.3 Å². The van der Waals surface area contributed by atoms with Crippen molar-refractivity contribution in [3.63, 3.8) is 0 Å². The summed E-state index contributed by atoms with van der Waals surface area (Å²) in [6.45, 7) is 4.23. The van der Waals surface area contributed by atoms with Crippen molar-refractivity contribution in [1.82, 2.24) is 10.2 Å². The third-order valence-electron chi connectivity index (χ3n) is 5.58. The summed E-state index contributed by atoms with van der Waals surface area (Å²) in [6.07, 6.45) is 0. The molecule has 9 heteroatoms. The zero-order valence-corrected chi connectivity index (χ0v) is 19.4. The molecule has 1 aliphatic rings. The molecule has 2 N–H and O–H groups in total. The van der Waals surface area contributed by atoms with Gasteiger partial charge in [-0.3, -0.25) is 14.4 Å². The number of morpholine rings is 1. The second-order valence-electron chi connectivity index (χ2n) is 7.95. The monoisotopic (exact) mass is 483 g/mol. The molecule has 3 aromatic rings. The van der Waals surface area contributed by atoms with E-state index < -0.39 is 21.7 Å². The molecule has 1 fully saturated rings. The highest BCUT2D eigenvalue weighted by molar-refractivity contribution is 7.92. The fourth-order valence-corrected chi connectivity index (χ4v) is 4.83. The molecule has 178 valence electrons. The summed E-state index contributed by atoms with van der Waals surface area (Å²) in [5, 5.41) is 2.87. The lowest BCUT2D eigenvalue weighted by Gasteiger charge is -2.27. The normalized spacial score (nSPS) is 14.5. The summed E-state index contributed by atoms with van der Waals surface area (Å²) >= 11 is 0. The molecule has 0 saturated carbocycles. The van der Waals surface area contributed by atoms with Crippen LogP contribution in [0.15, 0.2) is 77.7 Å². The van der Waals surface area contributed by atoms with Crippen molar-refractivity contribution in [2.24, 2.45) is 0 Å². The zero-order chi connectivity index (χ0) is 24.0. The number of benzene rings is 3. The van der Waals surface area contributed by atoms with Crippen LogP contribution in [-0.4, -0.2) is 45.5 Å². The van der Waals surface area contributed by atoms with Crippen molar-refractivity contribution in [2.45, 2.75) is 18.0 Å². The van der Waals surface area contributed by atoms with E-state index in [9.17, 15) is 17.6 Å². The third kappa shape index (κ3) is 5.99. The number of nitrogens with zero attached hydrogens (tertiary/aromatic N) is 1. The number of amides is 1. The minimum absolute atomic E-state index is 0.129. The first kappa shape index (κ1) is 23.9. The Balaban J connectivity index is 1.44. The number of carbonyl (C=O) groups is 1. The van der Waals surface area contributed by atoms with Gasteiger partial charge in [-0.2, -0.15) is 0 Å². The Hall–Kier alpha value is -3.27. The van der Waals surface area contributed by atoms with E-state index in [-0.39, 0.29) is 16.1 Å². The predicted molar refractivity (Wildman–Crippen MR) is 127 cm³/mol. The van der Waals surface area contributed by atoms with Gasteiger partial charge >= 0.3 is 0 Å². The molecule has 1 heterocycles. The Labute approximate surface area is 198 Å². The number of para-hydroxylation sites is 1. The lowest BCUT2D eigenvalue weighted by molar-refractivity contribution is 0.0340. The van der Waals surface area contributed by atoms with Gasteiger partial charge in [-0.1, -0.05) is 42.5 Å². The third-order valence-corrected chi connectivity index (χ3v) is 6.94. The topological polar surface area (TPSA) is 87.7 Å². The average Bonchev–Trinajstić information content (AvgIpc) is 2.85. The minimum atomic E-state index is -4.07. The Morgan fingerprint density at radius 1 is 0.941 bits per heavy atom. The van der Waals surface area contributed by atoms with Gasteiger partial charge in [0.25, 0.3) is 15.9 Å². The first-order chi connectivity index (χ1) is 16.4. The highest BCUT2D eigenvalue weighted by atomic mass is 32.2. The quantitative estimate of drug-likeness (QED) is 0.513. The molecule has 0 spiro atoms. The van der Waals surface area contributed by atoms with Crippen LogP contribution in [0.3, 0.4) is 0 Å². The van der Waals surface area contributed by atoms with E-state index in [1.54, 1.807) is 0 Å². The van der Waals surface area contributed by atoms with E-state index in [1.165, 1.54) is 48.5 Å². The van der Waals surface area contributed by atoms with Crippen LogP contribution in [0.5, 0.6) is 0 Å². The summed E-state index contributed by atoms with van der Waals surface area (Å²) in [7, 11) is -4.07. The summed E-state index contributed by atoms with van der Waals surface area (Å²) in [4.78, 5) is 15.0. The van der Waals surface area contributed by atoms with Gasteiger partial charge in [0.05, 0.1) is 23.8 Å². The standard InChI is InChI=1S/C25H26FN3O4S/c26-23-10-3-4-11-24(23)28-34(31,32)22-9-5-8-19(16-22)25(30)27-17-20-6-1-2-7-21(20)18-29-12-14-33-15-13-29/h1-11,16,28H,12-15,17-18H2,(H,27,30). The number of ether oxygens (including phenoxy) is 1. The Bertz CT molecular complexity index is 1260. The molecule has 0 radical (unpaired) electrons. The zero-order valence-electron chi connectivity index (χ0n) is 18.5. The van der Waals surface area contributed by atoms with Gasteiger partial charge in [0.1, 0.15) is 5.82 Å². The number of hydrogen-bond acceptors (Lipinski definition) is 5. The maximum absolute atomic E-state index is 13.9. The van der Waals surface area contributed by atoms with E-state index >= 15 is 0 Å². The highest BCUT2D eigenvalue weighted by Crippen LogP contribution is 2.20. The molecule has 0 aromatic heterocycles. The lowest BCUT2D eigenvalue weighted by atomic mass is 10.1. The summed E-state index contributed by atoms with van der Waals surface area (Å²) < 4.78 is 47.0. The molecule has 0 bridgehead atoms. The van der Waals surface area contributed by atoms with Gasteiger partial charge in [0.15, 0.2) is 0 Å². The molecule has 7 nitrogen and oxygen atoms in total. The molecule has 3 aromatic carbocycles. The van der Waals surface area contributed by atoms with E-state index in [0.717, 1.165) is 30.8 Å². The highest BCUT2D eigenvalue weighted by Gasteiger charge is 2.18. The number of nitrogens with one attached hydrogen (secondary N) is 2. The van der Waals surface area contributed by atoms with E-state index in [4.69, 9.17) is 4.74 Å². The van der Waals surface area contributed by atoms with Crippen LogP contribution in [0.25, 0.3) is 0 Å². The molecule has 0 atom stereocenters. The lowest BCUT2D eigenvalue weighted by Crippen LogP contribution is -2.36. The number of carbonyl (C=O) groups excluding carboxylic acids is 1. The van der Waals surface area contributed by atoms with Crippen molar-refractivity contribution < 1.29 is 22.3 Å². The van der Waals surface area contributed by atoms with E-state index in [2.05, 4.69) is 14.9 Å².